The molecule has 0 radical (unpaired) electrons. The van der Waals surface area contributed by atoms with Crippen LogP contribution in [-0.4, -0.2) is 17.1 Å². The molecule has 4 heteroatoms. The lowest BCUT2D eigenvalue weighted by Gasteiger charge is -2.29. The Labute approximate surface area is 107 Å². The Kier molecular flexibility index (Phi) is 4.07. The van der Waals surface area contributed by atoms with Crippen molar-refractivity contribution in [3.05, 3.63) is 23.7 Å². The highest BCUT2D eigenvalue weighted by Crippen LogP contribution is 2.26. The van der Waals surface area contributed by atoms with Crippen molar-refractivity contribution in [2.24, 2.45) is 5.92 Å². The van der Waals surface area contributed by atoms with Crippen LogP contribution in [0.2, 0.25) is 0 Å². The fourth-order valence-electron chi connectivity index (χ4n) is 2.56. The van der Waals surface area contributed by atoms with E-state index in [1.54, 1.807) is 6.07 Å². The standard InChI is InChI=1S/C14H21NO3/c1-9-3-5-11(6-4-9)15-10(2)12-7-8-13(18-12)14(16)17/h7-11,15H,3-6H2,1-2H3,(H,16,17). The zero-order valence-electron chi connectivity index (χ0n) is 11.0. The Morgan fingerprint density at radius 3 is 2.61 bits per heavy atom. The van der Waals surface area contributed by atoms with Crippen molar-refractivity contribution < 1.29 is 14.3 Å². The molecule has 1 fully saturated rings. The molecule has 4 nitrogen and oxygen atoms in total. The first-order chi connectivity index (χ1) is 8.56. The SMILES string of the molecule is CC1CCC(NC(C)c2ccc(C(=O)O)o2)CC1. The second-order valence-electron chi connectivity index (χ2n) is 5.35. The van der Waals surface area contributed by atoms with E-state index in [0.29, 0.717) is 11.8 Å². The van der Waals surface area contributed by atoms with Gasteiger partial charge in [0.05, 0.1) is 6.04 Å². The van der Waals surface area contributed by atoms with E-state index in [0.717, 1.165) is 5.92 Å². The second-order valence-corrected chi connectivity index (χ2v) is 5.35. The lowest BCUT2D eigenvalue weighted by atomic mass is 9.87. The molecule has 100 valence electrons. The topological polar surface area (TPSA) is 62.5 Å². The van der Waals surface area contributed by atoms with Gasteiger partial charge in [-0.05, 0) is 50.7 Å². The fraction of sp³-hybridized carbons (Fsp3) is 0.643. The van der Waals surface area contributed by atoms with E-state index < -0.39 is 5.97 Å². The summed E-state index contributed by atoms with van der Waals surface area (Å²) in [5.41, 5.74) is 0. The molecule has 1 saturated carbocycles. The van der Waals surface area contributed by atoms with Crippen LogP contribution in [0.15, 0.2) is 16.5 Å². The molecule has 1 unspecified atom stereocenters. The predicted octanol–water partition coefficient (Wildman–Crippen LogP) is 3.21. The van der Waals surface area contributed by atoms with Crippen molar-refractivity contribution in [3.8, 4) is 0 Å². The van der Waals surface area contributed by atoms with Crippen LogP contribution >= 0.6 is 0 Å². The summed E-state index contributed by atoms with van der Waals surface area (Å²) in [4.78, 5) is 10.7. The third-order valence-electron chi connectivity index (χ3n) is 3.77. The van der Waals surface area contributed by atoms with Crippen LogP contribution in [0.5, 0.6) is 0 Å². The van der Waals surface area contributed by atoms with Crippen LogP contribution < -0.4 is 5.32 Å². The molecule has 18 heavy (non-hydrogen) atoms. The average molecular weight is 251 g/mol. The highest BCUT2D eigenvalue weighted by atomic mass is 16.4. The van der Waals surface area contributed by atoms with E-state index in [9.17, 15) is 4.79 Å². The Hall–Kier alpha value is -1.29. The van der Waals surface area contributed by atoms with Gasteiger partial charge in [0, 0.05) is 6.04 Å². The van der Waals surface area contributed by atoms with Gasteiger partial charge in [-0.2, -0.15) is 0 Å². The van der Waals surface area contributed by atoms with Crippen LogP contribution in [0.25, 0.3) is 0 Å². The Morgan fingerprint density at radius 2 is 2.06 bits per heavy atom. The zero-order valence-corrected chi connectivity index (χ0v) is 11.0. The molecular formula is C14H21NO3. The number of furan rings is 1. The van der Waals surface area contributed by atoms with Crippen LogP contribution in [0.4, 0.5) is 0 Å². The predicted molar refractivity (Wildman–Crippen MR) is 68.6 cm³/mol. The molecule has 1 atom stereocenters. The molecule has 1 aliphatic rings. The largest absolute Gasteiger partial charge is 0.475 e. The van der Waals surface area contributed by atoms with Gasteiger partial charge in [0.25, 0.3) is 0 Å². The molecule has 0 aliphatic heterocycles. The lowest BCUT2D eigenvalue weighted by molar-refractivity contribution is 0.0659. The van der Waals surface area contributed by atoms with Gasteiger partial charge in [0.2, 0.25) is 5.76 Å². The van der Waals surface area contributed by atoms with Gasteiger partial charge < -0.3 is 14.8 Å². The highest BCUT2D eigenvalue weighted by molar-refractivity contribution is 5.84. The lowest BCUT2D eigenvalue weighted by Crippen LogP contribution is -2.34. The molecule has 0 saturated heterocycles. The molecule has 2 rings (SSSR count). The van der Waals surface area contributed by atoms with Gasteiger partial charge in [-0.1, -0.05) is 6.92 Å². The minimum absolute atomic E-state index is 0.0101. The average Bonchev–Trinajstić information content (AvgIpc) is 2.81. The van der Waals surface area contributed by atoms with E-state index in [4.69, 9.17) is 9.52 Å². The van der Waals surface area contributed by atoms with Crippen LogP contribution in [0.1, 0.15) is 61.9 Å². The van der Waals surface area contributed by atoms with Crippen molar-refractivity contribution in [1.82, 2.24) is 5.32 Å². The minimum Gasteiger partial charge on any atom is -0.475 e. The summed E-state index contributed by atoms with van der Waals surface area (Å²) in [7, 11) is 0. The maximum absolute atomic E-state index is 10.7. The van der Waals surface area contributed by atoms with Crippen LogP contribution in [0.3, 0.4) is 0 Å². The Morgan fingerprint density at radius 1 is 1.39 bits per heavy atom. The second kappa shape index (κ2) is 5.57. The summed E-state index contributed by atoms with van der Waals surface area (Å²) in [5, 5.41) is 12.3. The Balaban J connectivity index is 1.90. The number of hydrogen-bond donors (Lipinski definition) is 2. The third kappa shape index (κ3) is 3.13. The maximum Gasteiger partial charge on any atom is 0.371 e. The van der Waals surface area contributed by atoms with Gasteiger partial charge >= 0.3 is 5.97 Å². The zero-order chi connectivity index (χ0) is 13.1. The van der Waals surface area contributed by atoms with Crippen LogP contribution in [0, 0.1) is 5.92 Å². The highest BCUT2D eigenvalue weighted by Gasteiger charge is 2.21. The molecule has 1 aliphatic carbocycles. The normalized spacial score (nSPS) is 25.9. The molecule has 0 bridgehead atoms. The van der Waals surface area contributed by atoms with Gasteiger partial charge in [-0.25, -0.2) is 4.79 Å². The van der Waals surface area contributed by atoms with Crippen molar-refractivity contribution in [3.63, 3.8) is 0 Å². The smallest absolute Gasteiger partial charge is 0.371 e. The number of carboxylic acid groups (broad SMARTS) is 1. The molecule has 0 amide bonds. The molecule has 2 N–H and O–H groups in total. The van der Waals surface area contributed by atoms with E-state index in [1.807, 2.05) is 6.92 Å². The molecule has 0 aromatic carbocycles. The summed E-state index contributed by atoms with van der Waals surface area (Å²) in [6, 6.07) is 3.84. The molecule has 1 heterocycles. The fourth-order valence-corrected chi connectivity index (χ4v) is 2.56. The Bertz CT molecular complexity index is 405. The minimum atomic E-state index is -1.01. The maximum atomic E-state index is 10.7. The number of aromatic carboxylic acids is 1. The number of hydrogen-bond acceptors (Lipinski definition) is 3. The summed E-state index contributed by atoms with van der Waals surface area (Å²) in [5.74, 6) is 0.530. The van der Waals surface area contributed by atoms with E-state index in [1.165, 1.54) is 31.7 Å². The molecule has 0 spiro atoms. The van der Waals surface area contributed by atoms with Gasteiger partial charge in [-0.3, -0.25) is 0 Å². The third-order valence-corrected chi connectivity index (χ3v) is 3.77. The monoisotopic (exact) mass is 251 g/mol. The van der Waals surface area contributed by atoms with E-state index >= 15 is 0 Å². The molecule has 1 aromatic rings. The van der Waals surface area contributed by atoms with Gasteiger partial charge in [-0.15, -0.1) is 0 Å². The summed E-state index contributed by atoms with van der Waals surface area (Å²) in [6.07, 6.45) is 4.92. The van der Waals surface area contributed by atoms with E-state index in [-0.39, 0.29) is 11.8 Å². The number of carboxylic acids is 1. The first kappa shape index (κ1) is 13.1. The summed E-state index contributed by atoms with van der Waals surface area (Å²) < 4.78 is 5.31. The van der Waals surface area contributed by atoms with E-state index in [2.05, 4.69) is 12.2 Å². The van der Waals surface area contributed by atoms with Gasteiger partial charge in [0.15, 0.2) is 0 Å². The first-order valence-corrected chi connectivity index (χ1v) is 6.65. The van der Waals surface area contributed by atoms with Crippen molar-refractivity contribution in [1.29, 1.82) is 0 Å². The quantitative estimate of drug-likeness (QED) is 0.862. The first-order valence-electron chi connectivity index (χ1n) is 6.65. The van der Waals surface area contributed by atoms with Crippen molar-refractivity contribution in [2.75, 3.05) is 0 Å². The van der Waals surface area contributed by atoms with Crippen molar-refractivity contribution >= 4 is 5.97 Å². The summed E-state index contributed by atoms with van der Waals surface area (Å²) in [6.45, 7) is 4.31. The van der Waals surface area contributed by atoms with Crippen molar-refractivity contribution in [2.45, 2.75) is 51.6 Å². The number of carbonyl (C=O) groups is 1. The number of nitrogens with one attached hydrogen (secondary N) is 1. The molecular weight excluding hydrogens is 230 g/mol. The summed E-state index contributed by atoms with van der Waals surface area (Å²) >= 11 is 0. The molecule has 1 aromatic heterocycles. The van der Waals surface area contributed by atoms with Gasteiger partial charge in [0.1, 0.15) is 5.76 Å². The van der Waals surface area contributed by atoms with Crippen LogP contribution in [-0.2, 0) is 0 Å². The number of rotatable bonds is 4.